The van der Waals surface area contributed by atoms with Gasteiger partial charge >= 0.3 is 5.97 Å². The maximum absolute atomic E-state index is 11.1. The molecule has 1 rings (SSSR count). The summed E-state index contributed by atoms with van der Waals surface area (Å²) in [5.41, 5.74) is 0.737. The van der Waals surface area contributed by atoms with Gasteiger partial charge in [0.2, 0.25) is 0 Å². The van der Waals surface area contributed by atoms with E-state index in [-0.39, 0.29) is 17.6 Å². The van der Waals surface area contributed by atoms with Gasteiger partial charge in [0.25, 0.3) is 0 Å². The minimum Gasteiger partial charge on any atom is -0.478 e. The van der Waals surface area contributed by atoms with Crippen molar-refractivity contribution in [2.24, 2.45) is 5.41 Å². The lowest BCUT2D eigenvalue weighted by Crippen LogP contribution is -2.27. The van der Waals surface area contributed by atoms with Crippen LogP contribution in [0.5, 0.6) is 0 Å². The summed E-state index contributed by atoms with van der Waals surface area (Å²) in [5.74, 6) is -0.408. The smallest absolute Gasteiger partial charge is 0.335 e. The number of aromatic carboxylic acids is 1. The molecule has 0 radical (unpaired) electrons. The monoisotopic (exact) mass is 266 g/mol. The zero-order valence-corrected chi connectivity index (χ0v) is 11.7. The van der Waals surface area contributed by atoms with Gasteiger partial charge in [-0.25, -0.2) is 9.78 Å². The number of nitrogens with zero attached hydrogens (tertiary/aromatic N) is 1. The van der Waals surface area contributed by atoms with E-state index in [2.05, 4.69) is 10.3 Å². The van der Waals surface area contributed by atoms with E-state index in [1.165, 1.54) is 6.07 Å². The Morgan fingerprint density at radius 3 is 2.63 bits per heavy atom. The van der Waals surface area contributed by atoms with Crippen LogP contribution in [0.2, 0.25) is 0 Å². The Kier molecular flexibility index (Phi) is 5.30. The van der Waals surface area contributed by atoms with Crippen LogP contribution in [-0.4, -0.2) is 34.3 Å². The van der Waals surface area contributed by atoms with E-state index in [1.54, 1.807) is 6.07 Å². The first-order valence-corrected chi connectivity index (χ1v) is 6.47. The van der Waals surface area contributed by atoms with Crippen molar-refractivity contribution in [3.8, 4) is 0 Å². The van der Waals surface area contributed by atoms with Gasteiger partial charge in [-0.15, -0.1) is 0 Å². The van der Waals surface area contributed by atoms with E-state index in [9.17, 15) is 9.90 Å². The Morgan fingerprint density at radius 2 is 2.11 bits per heavy atom. The number of hydrogen-bond donors (Lipinski definition) is 3. The molecule has 0 aromatic carbocycles. The van der Waals surface area contributed by atoms with Crippen molar-refractivity contribution in [2.45, 2.75) is 33.6 Å². The molecule has 1 heterocycles. The number of pyridine rings is 1. The third-order valence-corrected chi connectivity index (χ3v) is 2.81. The highest BCUT2D eigenvalue weighted by atomic mass is 16.4. The molecule has 0 fully saturated rings. The third-order valence-electron chi connectivity index (χ3n) is 2.81. The number of aliphatic hydroxyl groups excluding tert-OH is 1. The van der Waals surface area contributed by atoms with Gasteiger partial charge < -0.3 is 15.5 Å². The number of aliphatic hydroxyl groups is 1. The molecule has 0 unspecified atom stereocenters. The van der Waals surface area contributed by atoms with E-state index >= 15 is 0 Å². The van der Waals surface area contributed by atoms with Gasteiger partial charge in [0.15, 0.2) is 0 Å². The molecule has 5 heteroatoms. The summed E-state index contributed by atoms with van der Waals surface area (Å²) in [6.07, 6.45) is 1.66. The first-order chi connectivity index (χ1) is 8.88. The Morgan fingerprint density at radius 1 is 1.42 bits per heavy atom. The predicted octanol–water partition coefficient (Wildman–Crippen LogP) is 2.16. The average molecular weight is 266 g/mol. The van der Waals surface area contributed by atoms with Gasteiger partial charge in [0.1, 0.15) is 5.82 Å². The maximum Gasteiger partial charge on any atom is 0.335 e. The van der Waals surface area contributed by atoms with Crippen molar-refractivity contribution in [3.05, 3.63) is 23.4 Å². The number of hydrogen-bond acceptors (Lipinski definition) is 4. The number of nitrogens with one attached hydrogen (secondary N) is 1. The molecule has 0 spiro atoms. The van der Waals surface area contributed by atoms with Crippen LogP contribution in [0.15, 0.2) is 12.1 Å². The van der Waals surface area contributed by atoms with Gasteiger partial charge in [0.05, 0.1) is 5.56 Å². The van der Waals surface area contributed by atoms with Crippen LogP contribution < -0.4 is 5.32 Å². The topological polar surface area (TPSA) is 82.5 Å². The molecular weight excluding hydrogens is 244 g/mol. The normalized spacial score (nSPS) is 11.4. The van der Waals surface area contributed by atoms with Crippen LogP contribution in [0, 0.1) is 5.41 Å². The SMILES string of the molecule is CCCc1cc(C(=O)O)cc(NCC(C)(C)CO)n1. The van der Waals surface area contributed by atoms with Gasteiger partial charge in [0, 0.05) is 24.3 Å². The van der Waals surface area contributed by atoms with E-state index in [1.807, 2.05) is 20.8 Å². The molecule has 1 aromatic heterocycles. The van der Waals surface area contributed by atoms with Gasteiger partial charge in [-0.1, -0.05) is 27.2 Å². The Labute approximate surface area is 113 Å². The van der Waals surface area contributed by atoms with E-state index in [4.69, 9.17) is 5.11 Å². The molecule has 0 saturated carbocycles. The fraction of sp³-hybridized carbons (Fsp3) is 0.571. The standard InChI is InChI=1S/C14H22N2O3/c1-4-5-11-6-10(13(18)19)7-12(16-11)15-8-14(2,3)9-17/h6-7,17H,4-5,8-9H2,1-3H3,(H,15,16)(H,18,19). The molecule has 0 amide bonds. The molecule has 19 heavy (non-hydrogen) atoms. The van der Waals surface area contributed by atoms with Crippen LogP contribution in [0.25, 0.3) is 0 Å². The second-order valence-corrected chi connectivity index (χ2v) is 5.46. The van der Waals surface area contributed by atoms with E-state index in [0.29, 0.717) is 12.4 Å². The molecule has 1 aromatic rings. The maximum atomic E-state index is 11.1. The van der Waals surface area contributed by atoms with Gasteiger partial charge in [-0.3, -0.25) is 0 Å². The molecule has 0 atom stereocenters. The van der Waals surface area contributed by atoms with Crippen LogP contribution in [0.4, 0.5) is 5.82 Å². The first-order valence-electron chi connectivity index (χ1n) is 6.47. The zero-order chi connectivity index (χ0) is 14.5. The summed E-state index contributed by atoms with van der Waals surface area (Å²) in [6.45, 7) is 6.46. The fourth-order valence-corrected chi connectivity index (χ4v) is 1.57. The summed E-state index contributed by atoms with van der Waals surface area (Å²) in [5, 5.41) is 21.4. The summed E-state index contributed by atoms with van der Waals surface area (Å²) < 4.78 is 0. The quantitative estimate of drug-likeness (QED) is 0.704. The molecule has 106 valence electrons. The number of anilines is 1. The third kappa shape index (κ3) is 4.87. The number of carboxylic acids is 1. The minimum absolute atomic E-state index is 0.0560. The molecule has 3 N–H and O–H groups in total. The number of rotatable bonds is 7. The molecule has 0 bridgehead atoms. The Hall–Kier alpha value is -1.62. The van der Waals surface area contributed by atoms with Crippen molar-refractivity contribution < 1.29 is 15.0 Å². The van der Waals surface area contributed by atoms with Crippen molar-refractivity contribution in [1.29, 1.82) is 0 Å². The lowest BCUT2D eigenvalue weighted by atomic mass is 9.95. The number of aromatic nitrogens is 1. The summed E-state index contributed by atoms with van der Waals surface area (Å²) in [6, 6.07) is 3.13. The highest BCUT2D eigenvalue weighted by Gasteiger charge is 2.17. The van der Waals surface area contributed by atoms with Crippen LogP contribution >= 0.6 is 0 Å². The molecule has 0 saturated heterocycles. The fourth-order valence-electron chi connectivity index (χ4n) is 1.57. The summed E-state index contributed by atoms with van der Waals surface area (Å²) >= 11 is 0. The van der Waals surface area contributed by atoms with Gasteiger partial charge in [-0.2, -0.15) is 0 Å². The van der Waals surface area contributed by atoms with Gasteiger partial charge in [-0.05, 0) is 18.6 Å². The zero-order valence-electron chi connectivity index (χ0n) is 11.7. The van der Waals surface area contributed by atoms with E-state index < -0.39 is 5.97 Å². The van der Waals surface area contributed by atoms with Crippen molar-refractivity contribution >= 4 is 11.8 Å². The van der Waals surface area contributed by atoms with Crippen molar-refractivity contribution in [1.82, 2.24) is 4.98 Å². The lowest BCUT2D eigenvalue weighted by Gasteiger charge is -2.22. The largest absolute Gasteiger partial charge is 0.478 e. The Bertz CT molecular complexity index is 444. The molecule has 5 nitrogen and oxygen atoms in total. The molecule has 0 aliphatic carbocycles. The van der Waals surface area contributed by atoms with Crippen LogP contribution in [0.1, 0.15) is 43.2 Å². The summed E-state index contributed by atoms with van der Waals surface area (Å²) in [4.78, 5) is 15.5. The lowest BCUT2D eigenvalue weighted by molar-refractivity contribution is 0.0696. The number of carboxylic acid groups (broad SMARTS) is 1. The minimum atomic E-state index is -0.954. The Balaban J connectivity index is 2.90. The second-order valence-electron chi connectivity index (χ2n) is 5.46. The molecule has 0 aliphatic rings. The predicted molar refractivity (Wildman–Crippen MR) is 74.5 cm³/mol. The van der Waals surface area contributed by atoms with Crippen LogP contribution in [-0.2, 0) is 6.42 Å². The number of aryl methyl sites for hydroxylation is 1. The highest BCUT2D eigenvalue weighted by Crippen LogP contribution is 2.17. The first kappa shape index (κ1) is 15.4. The summed E-state index contributed by atoms with van der Waals surface area (Å²) in [7, 11) is 0. The van der Waals surface area contributed by atoms with Crippen molar-refractivity contribution in [3.63, 3.8) is 0 Å². The van der Waals surface area contributed by atoms with Crippen molar-refractivity contribution in [2.75, 3.05) is 18.5 Å². The average Bonchev–Trinajstić information content (AvgIpc) is 2.37. The highest BCUT2D eigenvalue weighted by molar-refractivity contribution is 5.88. The molecular formula is C14H22N2O3. The van der Waals surface area contributed by atoms with E-state index in [0.717, 1.165) is 18.5 Å². The molecule has 0 aliphatic heterocycles. The van der Waals surface area contributed by atoms with Crippen LogP contribution in [0.3, 0.4) is 0 Å². The number of carbonyl (C=O) groups is 1. The second kappa shape index (κ2) is 6.52.